The van der Waals surface area contributed by atoms with Crippen molar-refractivity contribution in [3.05, 3.63) is 70.7 Å². The Balaban J connectivity index is 1.77. The highest BCUT2D eigenvalue weighted by molar-refractivity contribution is 5.81. The van der Waals surface area contributed by atoms with Crippen LogP contribution < -0.4 is 5.73 Å². The van der Waals surface area contributed by atoms with Crippen LogP contribution in [-0.4, -0.2) is 28.3 Å². The van der Waals surface area contributed by atoms with Crippen molar-refractivity contribution in [2.75, 3.05) is 0 Å². The summed E-state index contributed by atoms with van der Waals surface area (Å²) in [6, 6.07) is 6.68. The molecule has 0 radical (unpaired) electrons. The number of rotatable bonds is 3. The number of halogens is 5. The second-order valence-corrected chi connectivity index (χ2v) is 7.86. The lowest BCUT2D eigenvalue weighted by molar-refractivity contribution is -0.208. The summed E-state index contributed by atoms with van der Waals surface area (Å²) in [5.74, 6) is -2.56. The molecule has 4 rings (SSSR count). The van der Waals surface area contributed by atoms with Crippen molar-refractivity contribution in [3.8, 4) is 6.07 Å². The lowest BCUT2D eigenvalue weighted by Crippen LogP contribution is -2.46. The molecule has 0 saturated heterocycles. The van der Waals surface area contributed by atoms with Crippen LogP contribution in [0.5, 0.6) is 0 Å². The molecule has 0 saturated carbocycles. The first-order valence-corrected chi connectivity index (χ1v) is 9.71. The van der Waals surface area contributed by atoms with Crippen molar-refractivity contribution < 1.29 is 26.7 Å². The van der Waals surface area contributed by atoms with Gasteiger partial charge in [-0.2, -0.15) is 18.4 Å². The maximum Gasteiger partial charge on any atom is 0.425 e. The first kappa shape index (κ1) is 22.4. The molecule has 1 aliphatic heterocycles. The predicted octanol–water partition coefficient (Wildman–Crippen LogP) is 4.25. The van der Waals surface area contributed by atoms with E-state index in [0.29, 0.717) is 22.2 Å². The van der Waals surface area contributed by atoms with Gasteiger partial charge in [0.2, 0.25) is 0 Å². The molecule has 11 heteroatoms. The highest BCUT2D eigenvalue weighted by atomic mass is 19.4. The van der Waals surface area contributed by atoms with Crippen LogP contribution >= 0.6 is 0 Å². The summed E-state index contributed by atoms with van der Waals surface area (Å²) in [4.78, 5) is 12.4. The number of hydrogen-bond acceptors (Lipinski definition) is 6. The van der Waals surface area contributed by atoms with Gasteiger partial charge >= 0.3 is 6.18 Å². The van der Waals surface area contributed by atoms with E-state index in [4.69, 9.17) is 11.0 Å². The fraction of sp³-hybridized carbons (Fsp3) is 0.273. The fourth-order valence-corrected chi connectivity index (χ4v) is 3.86. The van der Waals surface area contributed by atoms with Gasteiger partial charge in [-0.15, -0.1) is 0 Å². The van der Waals surface area contributed by atoms with Gasteiger partial charge < -0.3 is 10.5 Å². The lowest BCUT2D eigenvalue weighted by Gasteiger charge is -2.36. The van der Waals surface area contributed by atoms with Crippen LogP contribution in [0.4, 0.5) is 22.0 Å². The molecule has 6 nitrogen and oxygen atoms in total. The number of fused-ring (bicyclic) bond motifs is 1. The molecule has 0 spiro atoms. The van der Waals surface area contributed by atoms with Crippen LogP contribution in [0.25, 0.3) is 10.9 Å². The molecule has 0 bridgehead atoms. The van der Waals surface area contributed by atoms with Crippen molar-refractivity contribution in [1.29, 1.82) is 5.26 Å². The smallest absolute Gasteiger partial charge is 0.425 e. The Hall–Kier alpha value is -3.81. The number of hydrogen-bond donors (Lipinski definition) is 1. The van der Waals surface area contributed by atoms with Crippen LogP contribution in [0.15, 0.2) is 41.7 Å². The molecule has 0 fully saturated rings. The Kier molecular flexibility index (Phi) is 5.40. The van der Waals surface area contributed by atoms with Crippen molar-refractivity contribution in [1.82, 2.24) is 9.97 Å². The van der Waals surface area contributed by atoms with Gasteiger partial charge in [0, 0.05) is 36.2 Å². The molecule has 1 aromatic carbocycles. The molecule has 2 N–H and O–H groups in total. The lowest BCUT2D eigenvalue weighted by atomic mass is 9.84. The predicted molar refractivity (Wildman–Crippen MR) is 108 cm³/mol. The number of alkyl halides is 3. The number of benzene rings is 1. The zero-order valence-electron chi connectivity index (χ0n) is 17.1. The van der Waals surface area contributed by atoms with E-state index in [0.717, 1.165) is 6.07 Å². The monoisotopic (exact) mass is 461 g/mol. The van der Waals surface area contributed by atoms with E-state index in [1.165, 1.54) is 25.4 Å². The van der Waals surface area contributed by atoms with Gasteiger partial charge in [0.05, 0.1) is 22.3 Å². The largest absolute Gasteiger partial charge is 0.452 e. The number of amidine groups is 1. The third kappa shape index (κ3) is 4.28. The number of nitrogens with two attached hydrogens (primary N) is 1. The maximum absolute atomic E-state index is 14.8. The van der Waals surface area contributed by atoms with Crippen molar-refractivity contribution in [3.63, 3.8) is 0 Å². The van der Waals surface area contributed by atoms with E-state index in [9.17, 15) is 22.0 Å². The van der Waals surface area contributed by atoms with Crippen molar-refractivity contribution in [2.45, 2.75) is 37.6 Å². The minimum atomic E-state index is -4.77. The summed E-state index contributed by atoms with van der Waals surface area (Å²) in [7, 11) is 0. The standard InChI is InChI=1S/C22H16F5N5O/c1-21(8-17(22(25,26)27)33-20(29)32-21)14-5-11(6-15(23)18(14)24)7-16-19-13(2-3-30-16)4-12(9-28)10-31-19/h2-6,10,17H,7-8H2,1H3,(H2,29,32)/t17-,21-/m0/s1. The van der Waals surface area contributed by atoms with E-state index in [1.54, 1.807) is 12.1 Å². The first-order valence-electron chi connectivity index (χ1n) is 9.71. The Morgan fingerprint density at radius 2 is 2.00 bits per heavy atom. The van der Waals surface area contributed by atoms with Gasteiger partial charge in [-0.1, -0.05) is 0 Å². The molecule has 1 aliphatic rings. The Morgan fingerprint density at radius 3 is 2.70 bits per heavy atom. The zero-order chi connectivity index (χ0) is 24.0. The minimum Gasteiger partial charge on any atom is -0.452 e. The van der Waals surface area contributed by atoms with Gasteiger partial charge in [0.25, 0.3) is 6.02 Å². The SMILES string of the molecule is C[C@@]1(c2cc(Cc3nccc4cc(C#N)cnc34)cc(F)c2F)C[C@@H](C(F)(F)F)OC(N)=N1. The number of nitriles is 1. The molecule has 2 aromatic heterocycles. The van der Waals surface area contributed by atoms with Crippen LogP contribution in [-0.2, 0) is 16.7 Å². The average Bonchev–Trinajstić information content (AvgIpc) is 2.74. The Bertz CT molecular complexity index is 1320. The summed E-state index contributed by atoms with van der Waals surface area (Å²) >= 11 is 0. The van der Waals surface area contributed by atoms with Crippen molar-refractivity contribution in [2.24, 2.45) is 10.7 Å². The fourth-order valence-electron chi connectivity index (χ4n) is 3.86. The average molecular weight is 461 g/mol. The molecule has 3 aromatic rings. The van der Waals surface area contributed by atoms with E-state index in [1.807, 2.05) is 6.07 Å². The second-order valence-electron chi connectivity index (χ2n) is 7.86. The Morgan fingerprint density at radius 1 is 1.24 bits per heavy atom. The van der Waals surface area contributed by atoms with Crippen LogP contribution in [0.1, 0.15) is 35.7 Å². The summed E-state index contributed by atoms with van der Waals surface area (Å²) < 4.78 is 73.7. The van der Waals surface area contributed by atoms with Gasteiger partial charge in [-0.3, -0.25) is 9.97 Å². The van der Waals surface area contributed by atoms with Gasteiger partial charge in [0.15, 0.2) is 17.7 Å². The Labute approximate surface area is 184 Å². The van der Waals surface area contributed by atoms with Crippen molar-refractivity contribution >= 4 is 16.9 Å². The molecule has 3 heterocycles. The topological polar surface area (TPSA) is 97.2 Å². The van der Waals surface area contributed by atoms with E-state index in [2.05, 4.69) is 19.7 Å². The normalized spacial score (nSPS) is 20.8. The number of nitrogens with zero attached hydrogens (tertiary/aromatic N) is 4. The van der Waals surface area contributed by atoms with Crippen LogP contribution in [0, 0.1) is 23.0 Å². The molecule has 0 aliphatic carbocycles. The number of aliphatic imine (C=N–C) groups is 1. The van der Waals surface area contributed by atoms with Crippen LogP contribution in [0.3, 0.4) is 0 Å². The third-order valence-corrected chi connectivity index (χ3v) is 5.41. The molecular formula is C22H16F5N5O. The maximum atomic E-state index is 14.8. The molecule has 2 atom stereocenters. The van der Waals surface area contributed by atoms with E-state index in [-0.39, 0.29) is 17.5 Å². The summed E-state index contributed by atoms with van der Waals surface area (Å²) in [6.07, 6.45) is -5.00. The molecule has 0 amide bonds. The highest BCUT2D eigenvalue weighted by Gasteiger charge is 2.50. The van der Waals surface area contributed by atoms with Crippen LogP contribution in [0.2, 0.25) is 0 Å². The number of aromatic nitrogens is 2. The second kappa shape index (κ2) is 7.95. The quantitative estimate of drug-likeness (QED) is 0.588. The van der Waals surface area contributed by atoms with Gasteiger partial charge in [-0.05, 0) is 36.8 Å². The van der Waals surface area contributed by atoms with E-state index >= 15 is 0 Å². The van der Waals surface area contributed by atoms with Gasteiger partial charge in [0.1, 0.15) is 6.07 Å². The summed E-state index contributed by atoms with van der Waals surface area (Å²) in [5.41, 5.74) is 4.72. The summed E-state index contributed by atoms with van der Waals surface area (Å²) in [6.45, 7) is 1.24. The van der Waals surface area contributed by atoms with E-state index < -0.39 is 41.9 Å². The zero-order valence-corrected chi connectivity index (χ0v) is 17.1. The number of pyridine rings is 2. The molecule has 0 unspecified atom stereocenters. The molecule has 33 heavy (non-hydrogen) atoms. The minimum absolute atomic E-state index is 0.00885. The van der Waals surface area contributed by atoms with Gasteiger partial charge in [-0.25, -0.2) is 13.8 Å². The third-order valence-electron chi connectivity index (χ3n) is 5.41. The highest BCUT2D eigenvalue weighted by Crippen LogP contribution is 2.41. The number of ether oxygens (including phenoxy) is 1. The molecule has 170 valence electrons. The first-order chi connectivity index (χ1) is 15.5. The molecular weight excluding hydrogens is 445 g/mol. The summed E-state index contributed by atoms with van der Waals surface area (Å²) in [5, 5.41) is 9.67.